The lowest BCUT2D eigenvalue weighted by molar-refractivity contribution is 0.427. The van der Waals surface area contributed by atoms with Crippen molar-refractivity contribution in [3.05, 3.63) is 70.2 Å². The van der Waals surface area contributed by atoms with E-state index in [-0.39, 0.29) is 0 Å². The summed E-state index contributed by atoms with van der Waals surface area (Å²) in [4.78, 5) is 0. The van der Waals surface area contributed by atoms with E-state index in [9.17, 15) is 0 Å². The molecule has 0 spiro atoms. The Bertz CT molecular complexity index is 584. The van der Waals surface area contributed by atoms with E-state index in [1.54, 1.807) is 0 Å². The van der Waals surface area contributed by atoms with Gasteiger partial charge in [-0.05, 0) is 55.9 Å². The SMILES string of the molecule is Cc1ccc(C(N[C@H](C)c2ccc(Cl)cc2)C2CC2)cc1. The molecule has 0 bridgehead atoms. The molecule has 0 aromatic heterocycles. The van der Waals surface area contributed by atoms with Crippen molar-refractivity contribution in [1.29, 1.82) is 0 Å². The average Bonchev–Trinajstić information content (AvgIpc) is 3.31. The molecule has 2 aromatic rings. The summed E-state index contributed by atoms with van der Waals surface area (Å²) >= 11 is 5.97. The van der Waals surface area contributed by atoms with E-state index in [1.165, 1.54) is 29.5 Å². The number of rotatable bonds is 5. The molecular formula is C19H22ClN. The van der Waals surface area contributed by atoms with Crippen LogP contribution >= 0.6 is 11.6 Å². The van der Waals surface area contributed by atoms with Gasteiger partial charge in [-0.2, -0.15) is 0 Å². The van der Waals surface area contributed by atoms with Gasteiger partial charge in [-0.15, -0.1) is 0 Å². The predicted molar refractivity (Wildman–Crippen MR) is 89.6 cm³/mol. The van der Waals surface area contributed by atoms with Crippen molar-refractivity contribution in [3.8, 4) is 0 Å². The molecule has 0 radical (unpaired) electrons. The fraction of sp³-hybridized carbons (Fsp3) is 0.368. The maximum Gasteiger partial charge on any atom is 0.0406 e. The second-order valence-electron chi connectivity index (χ2n) is 6.17. The van der Waals surface area contributed by atoms with Gasteiger partial charge in [-0.1, -0.05) is 53.6 Å². The highest BCUT2D eigenvalue weighted by Crippen LogP contribution is 2.42. The normalized spacial score (nSPS) is 17.5. The van der Waals surface area contributed by atoms with Gasteiger partial charge in [-0.25, -0.2) is 0 Å². The summed E-state index contributed by atoms with van der Waals surface area (Å²) in [6, 6.07) is 17.9. The molecule has 2 heteroatoms. The van der Waals surface area contributed by atoms with Gasteiger partial charge < -0.3 is 5.32 Å². The fourth-order valence-electron chi connectivity index (χ4n) is 2.82. The van der Waals surface area contributed by atoms with Gasteiger partial charge in [0.05, 0.1) is 0 Å². The Morgan fingerprint density at radius 3 is 2.10 bits per heavy atom. The predicted octanol–water partition coefficient (Wildman–Crippen LogP) is 5.45. The molecule has 1 aliphatic carbocycles. The minimum absolute atomic E-state index is 0.328. The monoisotopic (exact) mass is 299 g/mol. The highest BCUT2D eigenvalue weighted by molar-refractivity contribution is 6.30. The summed E-state index contributed by atoms with van der Waals surface area (Å²) < 4.78 is 0. The lowest BCUT2D eigenvalue weighted by atomic mass is 9.98. The van der Waals surface area contributed by atoms with Crippen molar-refractivity contribution in [3.63, 3.8) is 0 Å². The molecule has 0 saturated heterocycles. The van der Waals surface area contributed by atoms with Gasteiger partial charge in [0, 0.05) is 17.1 Å². The van der Waals surface area contributed by atoms with Crippen LogP contribution in [0.15, 0.2) is 48.5 Å². The summed E-state index contributed by atoms with van der Waals surface area (Å²) in [6.45, 7) is 4.37. The second kappa shape index (κ2) is 6.21. The Kier molecular flexibility index (Phi) is 4.32. The van der Waals surface area contributed by atoms with E-state index in [0.717, 1.165) is 10.9 Å². The van der Waals surface area contributed by atoms with Crippen LogP contribution in [-0.2, 0) is 0 Å². The molecule has 0 heterocycles. The number of halogens is 1. The van der Waals surface area contributed by atoms with Crippen molar-refractivity contribution in [1.82, 2.24) is 5.32 Å². The van der Waals surface area contributed by atoms with Crippen LogP contribution in [-0.4, -0.2) is 0 Å². The zero-order valence-electron chi connectivity index (χ0n) is 12.6. The molecular weight excluding hydrogens is 278 g/mol. The van der Waals surface area contributed by atoms with Crippen molar-refractivity contribution < 1.29 is 0 Å². The van der Waals surface area contributed by atoms with Crippen LogP contribution in [0.5, 0.6) is 0 Å². The Morgan fingerprint density at radius 2 is 1.52 bits per heavy atom. The number of benzene rings is 2. The summed E-state index contributed by atoms with van der Waals surface area (Å²) in [5, 5.41) is 4.60. The quantitative estimate of drug-likeness (QED) is 0.774. The Labute approximate surface area is 132 Å². The number of nitrogens with one attached hydrogen (secondary N) is 1. The first kappa shape index (κ1) is 14.6. The van der Waals surface area contributed by atoms with Crippen molar-refractivity contribution in [2.75, 3.05) is 0 Å². The highest BCUT2D eigenvalue weighted by atomic mass is 35.5. The van der Waals surface area contributed by atoms with Crippen LogP contribution < -0.4 is 5.32 Å². The van der Waals surface area contributed by atoms with Gasteiger partial charge in [0.1, 0.15) is 0 Å². The molecule has 1 fully saturated rings. The van der Waals surface area contributed by atoms with E-state index in [1.807, 2.05) is 12.1 Å². The molecule has 1 N–H and O–H groups in total. The molecule has 110 valence electrons. The topological polar surface area (TPSA) is 12.0 Å². The van der Waals surface area contributed by atoms with Crippen LogP contribution in [0, 0.1) is 12.8 Å². The molecule has 0 amide bonds. The molecule has 3 rings (SSSR count). The second-order valence-corrected chi connectivity index (χ2v) is 6.60. The molecule has 1 aliphatic rings. The third-order valence-corrected chi connectivity index (χ3v) is 4.58. The minimum Gasteiger partial charge on any atom is -0.303 e. The molecule has 1 nitrogen and oxygen atoms in total. The Morgan fingerprint density at radius 1 is 0.952 bits per heavy atom. The summed E-state index contributed by atoms with van der Waals surface area (Å²) in [7, 11) is 0. The zero-order chi connectivity index (χ0) is 14.8. The van der Waals surface area contributed by atoms with Gasteiger partial charge in [0.15, 0.2) is 0 Å². The third-order valence-electron chi connectivity index (χ3n) is 4.33. The van der Waals surface area contributed by atoms with Gasteiger partial charge in [-0.3, -0.25) is 0 Å². The Balaban J connectivity index is 1.76. The lowest BCUT2D eigenvalue weighted by Crippen LogP contribution is -2.26. The van der Waals surface area contributed by atoms with E-state index in [4.69, 9.17) is 11.6 Å². The molecule has 2 aromatic carbocycles. The molecule has 0 aliphatic heterocycles. The van der Waals surface area contributed by atoms with Crippen molar-refractivity contribution in [2.24, 2.45) is 5.92 Å². The van der Waals surface area contributed by atoms with E-state index < -0.39 is 0 Å². The first-order valence-corrected chi connectivity index (χ1v) is 8.09. The van der Waals surface area contributed by atoms with Crippen molar-refractivity contribution in [2.45, 2.75) is 38.8 Å². The highest BCUT2D eigenvalue weighted by Gasteiger charge is 2.33. The standard InChI is InChI=1S/C19H22ClN/c1-13-3-5-16(6-4-13)19(17-7-8-17)21-14(2)15-9-11-18(20)12-10-15/h3-6,9-12,14,17,19,21H,7-8H2,1-2H3/t14-,19?/m1/s1. The van der Waals surface area contributed by atoms with E-state index in [2.05, 4.69) is 55.6 Å². The first-order chi connectivity index (χ1) is 10.1. The average molecular weight is 300 g/mol. The Hall–Kier alpha value is -1.31. The van der Waals surface area contributed by atoms with Crippen LogP contribution in [0.3, 0.4) is 0 Å². The molecule has 1 unspecified atom stereocenters. The largest absolute Gasteiger partial charge is 0.303 e. The lowest BCUT2D eigenvalue weighted by Gasteiger charge is -2.24. The maximum absolute atomic E-state index is 5.97. The van der Waals surface area contributed by atoms with Crippen LogP contribution in [0.25, 0.3) is 0 Å². The zero-order valence-corrected chi connectivity index (χ0v) is 13.4. The minimum atomic E-state index is 0.328. The number of hydrogen-bond acceptors (Lipinski definition) is 1. The van der Waals surface area contributed by atoms with Gasteiger partial charge in [0.25, 0.3) is 0 Å². The maximum atomic E-state index is 5.97. The van der Waals surface area contributed by atoms with Crippen molar-refractivity contribution >= 4 is 11.6 Å². The van der Waals surface area contributed by atoms with Crippen LogP contribution in [0.1, 0.15) is 48.5 Å². The van der Waals surface area contributed by atoms with Gasteiger partial charge >= 0.3 is 0 Å². The smallest absolute Gasteiger partial charge is 0.0406 e. The van der Waals surface area contributed by atoms with E-state index >= 15 is 0 Å². The number of aryl methyl sites for hydroxylation is 1. The number of hydrogen-bond donors (Lipinski definition) is 1. The molecule has 21 heavy (non-hydrogen) atoms. The summed E-state index contributed by atoms with van der Waals surface area (Å²) in [5.41, 5.74) is 4.01. The summed E-state index contributed by atoms with van der Waals surface area (Å²) in [5.74, 6) is 0.780. The van der Waals surface area contributed by atoms with Crippen LogP contribution in [0.4, 0.5) is 0 Å². The third kappa shape index (κ3) is 3.66. The molecule has 2 atom stereocenters. The van der Waals surface area contributed by atoms with Gasteiger partial charge in [0.2, 0.25) is 0 Å². The van der Waals surface area contributed by atoms with E-state index in [0.29, 0.717) is 12.1 Å². The van der Waals surface area contributed by atoms with Crippen LogP contribution in [0.2, 0.25) is 5.02 Å². The first-order valence-electron chi connectivity index (χ1n) is 7.71. The molecule has 1 saturated carbocycles. The fourth-order valence-corrected chi connectivity index (χ4v) is 2.95. The summed E-state index contributed by atoms with van der Waals surface area (Å²) in [6.07, 6.45) is 2.66.